The van der Waals surface area contributed by atoms with Crippen molar-refractivity contribution in [1.82, 2.24) is 33.8 Å². The summed E-state index contributed by atoms with van der Waals surface area (Å²) in [6.45, 7) is 16.6. The van der Waals surface area contributed by atoms with Crippen molar-refractivity contribution >= 4 is 55.5 Å². The maximum atomic E-state index is 12.2. The summed E-state index contributed by atoms with van der Waals surface area (Å²) < 4.78 is 6.42. The van der Waals surface area contributed by atoms with Crippen molar-refractivity contribution in [3.63, 3.8) is 0 Å². The molecule has 8 aromatic carbocycles. The second-order valence-electron chi connectivity index (χ2n) is 24.4. The highest BCUT2D eigenvalue weighted by Crippen LogP contribution is 2.30. The molecule has 2 saturated heterocycles. The fourth-order valence-corrected chi connectivity index (χ4v) is 12.0. The Morgan fingerprint density at radius 1 is 0.457 bits per heavy atom. The first kappa shape index (κ1) is 65.2. The third kappa shape index (κ3) is 18.0. The number of hydrogen-bond donors (Lipinski definition) is 4. The number of benzene rings is 8. The van der Waals surface area contributed by atoms with E-state index in [0.717, 1.165) is 57.6 Å². The van der Waals surface area contributed by atoms with E-state index in [2.05, 4.69) is 259 Å². The number of aromatic amines is 1. The highest BCUT2D eigenvalue weighted by Gasteiger charge is 2.15. The van der Waals surface area contributed by atoms with Crippen LogP contribution in [0.5, 0.6) is 0 Å². The summed E-state index contributed by atoms with van der Waals surface area (Å²) >= 11 is 0. The molecule has 12 heteroatoms. The summed E-state index contributed by atoms with van der Waals surface area (Å²) in [5.74, 6) is -0.569. The SMILES string of the molecule is Cc1ccc(-c2ccc3cc[nH]c3c2)cc1.Cc1ccc(-c2ccc3ccn(CC#N)c3c2)cc1.Cc1ccc(-c2ccc3ccn(CCN)c3c2)cc1.Cc1ccc(-c2ccc3ccn(CCNC(=O)CN4CCCCC4)c3c2)cc1.O=C(O)CN1CCCCC1. The van der Waals surface area contributed by atoms with Crippen LogP contribution in [-0.2, 0) is 29.2 Å². The van der Waals surface area contributed by atoms with Gasteiger partial charge in [0.15, 0.2) is 0 Å². The molecule has 0 unspecified atom stereocenters. The number of aryl methyl sites for hydroxylation is 4. The molecule has 0 aliphatic carbocycles. The Morgan fingerprint density at radius 3 is 1.24 bits per heavy atom. The minimum atomic E-state index is -0.707. The summed E-state index contributed by atoms with van der Waals surface area (Å²) in [5, 5.41) is 25.3. The summed E-state index contributed by atoms with van der Waals surface area (Å²) in [6, 6.07) is 71.1. The molecule has 14 rings (SSSR count). The van der Waals surface area contributed by atoms with Crippen LogP contribution >= 0.6 is 0 Å². The molecular weight excluding hydrogens is 1130 g/mol. The number of carbonyl (C=O) groups is 2. The second-order valence-corrected chi connectivity index (χ2v) is 24.4. The molecule has 470 valence electrons. The number of carboxylic acid groups (broad SMARTS) is 1. The van der Waals surface area contributed by atoms with Gasteiger partial charge in [0.05, 0.1) is 19.2 Å². The number of hydrogen-bond acceptors (Lipinski definition) is 6. The number of aromatic nitrogens is 4. The van der Waals surface area contributed by atoms with Crippen LogP contribution in [-0.4, -0.2) is 97.8 Å². The van der Waals surface area contributed by atoms with Crippen LogP contribution in [0.1, 0.15) is 60.8 Å². The molecule has 2 aliphatic heterocycles. The predicted molar refractivity (Wildman–Crippen MR) is 381 cm³/mol. The van der Waals surface area contributed by atoms with Crippen LogP contribution in [0.25, 0.3) is 88.1 Å². The Bertz CT molecular complexity index is 4360. The fraction of sp³-hybridized carbons (Fsp3) is 0.263. The van der Waals surface area contributed by atoms with Crippen molar-refractivity contribution in [2.45, 2.75) is 85.9 Å². The van der Waals surface area contributed by atoms with Gasteiger partial charge in [-0.05, 0) is 194 Å². The van der Waals surface area contributed by atoms with Gasteiger partial charge in [-0.3, -0.25) is 19.4 Å². The smallest absolute Gasteiger partial charge is 0.317 e. The molecule has 12 nitrogen and oxygen atoms in total. The van der Waals surface area contributed by atoms with Crippen molar-refractivity contribution in [3.8, 4) is 50.6 Å². The number of fused-ring (bicyclic) bond motifs is 4. The number of rotatable bonds is 14. The molecule has 0 atom stereocenters. The molecule has 2 fully saturated rings. The van der Waals surface area contributed by atoms with Crippen LogP contribution < -0.4 is 11.1 Å². The minimum Gasteiger partial charge on any atom is -0.480 e. The first-order valence-electron chi connectivity index (χ1n) is 32.5. The van der Waals surface area contributed by atoms with Gasteiger partial charge < -0.3 is 34.8 Å². The van der Waals surface area contributed by atoms with Crippen molar-refractivity contribution in [2.24, 2.45) is 5.73 Å². The topological polar surface area (TPSA) is 153 Å². The summed E-state index contributed by atoms with van der Waals surface area (Å²) in [7, 11) is 0. The Balaban J connectivity index is 0.000000130. The zero-order valence-electron chi connectivity index (χ0n) is 53.8. The number of nitrogens with two attached hydrogens (primary N) is 1. The van der Waals surface area contributed by atoms with Gasteiger partial charge in [-0.1, -0.05) is 181 Å². The van der Waals surface area contributed by atoms with Crippen molar-refractivity contribution in [1.29, 1.82) is 5.26 Å². The van der Waals surface area contributed by atoms with E-state index in [1.807, 2.05) is 27.9 Å². The molecule has 5 N–H and O–H groups in total. The number of amides is 1. The number of carbonyl (C=O) groups excluding carboxylic acids is 1. The van der Waals surface area contributed by atoms with E-state index in [1.54, 1.807) is 0 Å². The lowest BCUT2D eigenvalue weighted by atomic mass is 10.0. The lowest BCUT2D eigenvalue weighted by molar-refractivity contribution is -0.138. The molecule has 0 spiro atoms. The summed E-state index contributed by atoms with van der Waals surface area (Å²) in [6.07, 6.45) is 15.5. The largest absolute Gasteiger partial charge is 0.480 e. The van der Waals surface area contributed by atoms with Crippen LogP contribution in [0.4, 0.5) is 0 Å². The molecule has 6 heterocycles. The number of piperidine rings is 2. The molecular formula is C80H87N9O3. The van der Waals surface area contributed by atoms with Gasteiger partial charge >= 0.3 is 5.97 Å². The number of nitrogens with zero attached hydrogens (tertiary/aromatic N) is 6. The third-order valence-electron chi connectivity index (χ3n) is 17.3. The van der Waals surface area contributed by atoms with E-state index in [9.17, 15) is 9.59 Å². The van der Waals surface area contributed by atoms with Crippen LogP contribution in [0.3, 0.4) is 0 Å². The quantitative estimate of drug-likeness (QED) is 0.0845. The average molecular weight is 1220 g/mol. The first-order valence-corrected chi connectivity index (χ1v) is 32.5. The van der Waals surface area contributed by atoms with Gasteiger partial charge in [-0.15, -0.1) is 0 Å². The van der Waals surface area contributed by atoms with Gasteiger partial charge in [-0.25, -0.2) is 0 Å². The van der Waals surface area contributed by atoms with Crippen molar-refractivity contribution < 1.29 is 14.7 Å². The molecule has 0 saturated carbocycles. The molecule has 4 aromatic heterocycles. The molecule has 2 aliphatic rings. The summed E-state index contributed by atoms with van der Waals surface area (Å²) in [4.78, 5) is 29.9. The number of nitriles is 1. The lowest BCUT2D eigenvalue weighted by Crippen LogP contribution is -2.40. The van der Waals surface area contributed by atoms with E-state index in [4.69, 9.17) is 16.1 Å². The standard InChI is InChI=1S/C24H29N3O.C17H18N2.C17H14N2.C15H13N.C7H13NO2/c1-19-5-7-20(8-6-19)22-10-9-21-11-15-27(23(21)17-22)16-12-25-24(28)18-26-13-3-2-4-14-26;2*1-13-2-4-14(5-3-13)16-7-6-15-8-10-19(11-9-18)17(15)12-16;1-11-2-4-12(5-3-11)14-7-6-13-8-9-16-15(13)10-14;9-7(10)6-8-4-2-1-3-5-8/h5-11,15,17H,2-4,12-14,16,18H2,1H3,(H,25,28);2-8,10,12H,9,11,18H2,1H3;2-8,10,12H,11H2,1H3;2-10,16H,1H3;1-6H2,(H,9,10). The average Bonchev–Trinajstić information content (AvgIpc) is 1.73. The Kier molecular flexibility index (Phi) is 22.9. The fourth-order valence-electron chi connectivity index (χ4n) is 12.0. The maximum Gasteiger partial charge on any atom is 0.317 e. The number of aliphatic carboxylic acids is 1. The van der Waals surface area contributed by atoms with E-state index >= 15 is 0 Å². The van der Waals surface area contributed by atoms with E-state index in [-0.39, 0.29) is 12.5 Å². The highest BCUT2D eigenvalue weighted by molar-refractivity contribution is 5.88. The molecule has 92 heavy (non-hydrogen) atoms. The van der Waals surface area contributed by atoms with Gasteiger partial charge in [0.1, 0.15) is 6.54 Å². The van der Waals surface area contributed by atoms with Gasteiger partial charge in [0, 0.05) is 73.0 Å². The van der Waals surface area contributed by atoms with E-state index in [0.29, 0.717) is 26.2 Å². The third-order valence-corrected chi connectivity index (χ3v) is 17.3. The maximum absolute atomic E-state index is 12.2. The summed E-state index contributed by atoms with van der Waals surface area (Å²) in [5.41, 5.74) is 25.4. The molecule has 0 radical (unpaired) electrons. The monoisotopic (exact) mass is 1220 g/mol. The number of H-pyrrole nitrogens is 1. The minimum absolute atomic E-state index is 0.138. The second kappa shape index (κ2) is 32.3. The van der Waals surface area contributed by atoms with E-state index < -0.39 is 5.97 Å². The normalized spacial score (nSPS) is 13.2. The van der Waals surface area contributed by atoms with Crippen LogP contribution in [0, 0.1) is 39.0 Å². The molecule has 12 aromatic rings. The van der Waals surface area contributed by atoms with Gasteiger partial charge in [0.25, 0.3) is 0 Å². The zero-order valence-corrected chi connectivity index (χ0v) is 53.8. The van der Waals surface area contributed by atoms with Crippen molar-refractivity contribution in [2.75, 3.05) is 52.4 Å². The van der Waals surface area contributed by atoms with Gasteiger partial charge in [0.2, 0.25) is 5.91 Å². The molecule has 1 amide bonds. The lowest BCUT2D eigenvalue weighted by Gasteiger charge is -2.25. The highest BCUT2D eigenvalue weighted by atomic mass is 16.4. The molecule has 0 bridgehead atoms. The Labute approximate surface area is 542 Å². The number of carboxylic acids is 1. The number of likely N-dealkylation sites (tertiary alicyclic amines) is 2. The van der Waals surface area contributed by atoms with E-state index in [1.165, 1.54) is 131 Å². The van der Waals surface area contributed by atoms with Crippen LogP contribution in [0.2, 0.25) is 0 Å². The zero-order chi connectivity index (χ0) is 64.2. The number of nitrogens with one attached hydrogen (secondary N) is 2. The Morgan fingerprint density at radius 2 is 0.826 bits per heavy atom. The van der Waals surface area contributed by atoms with Gasteiger partial charge in [-0.2, -0.15) is 5.26 Å². The van der Waals surface area contributed by atoms with Crippen molar-refractivity contribution in [3.05, 3.63) is 241 Å². The predicted octanol–water partition coefficient (Wildman–Crippen LogP) is 16.6. The Hall–Kier alpha value is -9.77. The van der Waals surface area contributed by atoms with Crippen LogP contribution in [0.15, 0.2) is 219 Å². The first-order chi connectivity index (χ1) is 44.9.